The van der Waals surface area contributed by atoms with Crippen molar-refractivity contribution in [1.82, 2.24) is 9.47 Å². The van der Waals surface area contributed by atoms with Gasteiger partial charge in [-0.05, 0) is 47.5 Å². The van der Waals surface area contributed by atoms with Crippen molar-refractivity contribution in [2.45, 2.75) is 31.8 Å². The maximum atomic E-state index is 13.2. The van der Waals surface area contributed by atoms with Crippen LogP contribution in [-0.2, 0) is 17.8 Å². The molecule has 1 unspecified atom stereocenters. The summed E-state index contributed by atoms with van der Waals surface area (Å²) in [5.41, 5.74) is 3.74. The minimum absolute atomic E-state index is 0.0359. The van der Waals surface area contributed by atoms with Crippen molar-refractivity contribution >= 4 is 28.3 Å². The third kappa shape index (κ3) is 3.37. The molecule has 1 atom stereocenters. The SMILES string of the molecule is O=C(CCCn1c(=O)oc2ccccc21)N1CCc2sccc2C1c1ccccc1. The zero-order chi connectivity index (χ0) is 20.5. The number of carbonyl (C=O) groups is 1. The van der Waals surface area contributed by atoms with Gasteiger partial charge in [-0.3, -0.25) is 9.36 Å². The first-order valence-corrected chi connectivity index (χ1v) is 11.1. The van der Waals surface area contributed by atoms with Gasteiger partial charge in [-0.15, -0.1) is 11.3 Å². The Morgan fingerprint density at radius 3 is 2.73 bits per heavy atom. The second kappa shape index (κ2) is 7.95. The molecule has 0 saturated heterocycles. The number of benzene rings is 2. The molecule has 6 heteroatoms. The molecule has 4 aromatic rings. The summed E-state index contributed by atoms with van der Waals surface area (Å²) >= 11 is 1.77. The molecule has 0 fully saturated rings. The largest absolute Gasteiger partial charge is 0.419 e. The van der Waals surface area contributed by atoms with Crippen molar-refractivity contribution in [2.24, 2.45) is 0 Å². The fraction of sp³-hybridized carbons (Fsp3) is 0.250. The first-order chi connectivity index (χ1) is 14.7. The van der Waals surface area contributed by atoms with Gasteiger partial charge in [-0.1, -0.05) is 42.5 Å². The summed E-state index contributed by atoms with van der Waals surface area (Å²) < 4.78 is 6.91. The number of hydrogen-bond donors (Lipinski definition) is 0. The summed E-state index contributed by atoms with van der Waals surface area (Å²) in [5, 5.41) is 2.12. The fourth-order valence-corrected chi connectivity index (χ4v) is 5.24. The average molecular weight is 419 g/mol. The first kappa shape index (κ1) is 18.9. The first-order valence-electron chi connectivity index (χ1n) is 10.2. The van der Waals surface area contributed by atoms with Crippen LogP contribution in [0.15, 0.2) is 75.3 Å². The monoisotopic (exact) mass is 418 g/mol. The van der Waals surface area contributed by atoms with Crippen LogP contribution in [0.25, 0.3) is 11.1 Å². The van der Waals surface area contributed by atoms with Crippen LogP contribution < -0.4 is 5.76 Å². The second-order valence-electron chi connectivity index (χ2n) is 7.54. The summed E-state index contributed by atoms with van der Waals surface area (Å²) in [5.74, 6) is -0.242. The highest BCUT2D eigenvalue weighted by atomic mass is 32.1. The molecule has 0 spiro atoms. The molecule has 2 aromatic carbocycles. The highest BCUT2D eigenvalue weighted by molar-refractivity contribution is 7.10. The summed E-state index contributed by atoms with van der Waals surface area (Å²) in [6.07, 6.45) is 1.89. The molecule has 0 radical (unpaired) electrons. The Bertz CT molecular complexity index is 1240. The van der Waals surface area contributed by atoms with Crippen molar-refractivity contribution in [2.75, 3.05) is 6.54 Å². The number of rotatable bonds is 5. The minimum Gasteiger partial charge on any atom is -0.408 e. The van der Waals surface area contributed by atoms with Crippen molar-refractivity contribution in [3.05, 3.63) is 92.6 Å². The van der Waals surface area contributed by atoms with Gasteiger partial charge in [-0.2, -0.15) is 0 Å². The van der Waals surface area contributed by atoms with Crippen LogP contribution in [-0.4, -0.2) is 21.9 Å². The number of nitrogens with zero attached hydrogens (tertiary/aromatic N) is 2. The number of hydrogen-bond acceptors (Lipinski definition) is 4. The van der Waals surface area contributed by atoms with E-state index in [1.165, 1.54) is 10.4 Å². The van der Waals surface area contributed by atoms with Gasteiger partial charge >= 0.3 is 5.76 Å². The third-order valence-electron chi connectivity index (χ3n) is 5.75. The number of thiophene rings is 1. The van der Waals surface area contributed by atoms with Crippen LogP contribution in [0.3, 0.4) is 0 Å². The molecule has 0 bridgehead atoms. The van der Waals surface area contributed by atoms with Crippen LogP contribution in [0, 0.1) is 0 Å². The third-order valence-corrected chi connectivity index (χ3v) is 6.74. The van der Waals surface area contributed by atoms with Crippen LogP contribution in [0.5, 0.6) is 0 Å². The molecular weight excluding hydrogens is 396 g/mol. The Morgan fingerprint density at radius 2 is 1.87 bits per heavy atom. The Balaban J connectivity index is 1.34. The number of amides is 1. The zero-order valence-electron chi connectivity index (χ0n) is 16.5. The van der Waals surface area contributed by atoms with Gasteiger partial charge in [0.2, 0.25) is 5.91 Å². The van der Waals surface area contributed by atoms with E-state index < -0.39 is 0 Å². The smallest absolute Gasteiger partial charge is 0.408 e. The number of carbonyl (C=O) groups excluding carboxylic acids is 1. The predicted molar refractivity (Wildman–Crippen MR) is 118 cm³/mol. The maximum Gasteiger partial charge on any atom is 0.419 e. The van der Waals surface area contributed by atoms with E-state index in [1.807, 2.05) is 41.3 Å². The lowest BCUT2D eigenvalue weighted by Crippen LogP contribution is -2.40. The molecule has 0 saturated carbocycles. The molecule has 3 heterocycles. The molecule has 1 amide bonds. The molecule has 5 rings (SSSR count). The quantitative estimate of drug-likeness (QED) is 0.476. The van der Waals surface area contributed by atoms with Gasteiger partial charge in [-0.25, -0.2) is 4.79 Å². The molecule has 1 aliphatic rings. The second-order valence-corrected chi connectivity index (χ2v) is 8.54. The highest BCUT2D eigenvalue weighted by Gasteiger charge is 2.32. The van der Waals surface area contributed by atoms with E-state index in [4.69, 9.17) is 4.42 Å². The van der Waals surface area contributed by atoms with Gasteiger partial charge in [0.1, 0.15) is 0 Å². The van der Waals surface area contributed by atoms with Gasteiger partial charge < -0.3 is 9.32 Å². The number of fused-ring (bicyclic) bond motifs is 2. The number of para-hydroxylation sites is 2. The maximum absolute atomic E-state index is 13.2. The van der Waals surface area contributed by atoms with Crippen molar-refractivity contribution in [3.8, 4) is 0 Å². The lowest BCUT2D eigenvalue weighted by molar-refractivity contribution is -0.133. The van der Waals surface area contributed by atoms with E-state index >= 15 is 0 Å². The summed E-state index contributed by atoms with van der Waals surface area (Å²) in [6, 6.07) is 19.7. The Labute approximate surface area is 178 Å². The average Bonchev–Trinajstić information content (AvgIpc) is 3.37. The molecule has 152 valence electrons. The van der Waals surface area contributed by atoms with Crippen LogP contribution in [0.2, 0.25) is 0 Å². The molecule has 5 nitrogen and oxygen atoms in total. The van der Waals surface area contributed by atoms with Crippen molar-refractivity contribution in [1.29, 1.82) is 0 Å². The lowest BCUT2D eigenvalue weighted by Gasteiger charge is -2.36. The highest BCUT2D eigenvalue weighted by Crippen LogP contribution is 2.38. The van der Waals surface area contributed by atoms with Crippen molar-refractivity contribution < 1.29 is 9.21 Å². The lowest BCUT2D eigenvalue weighted by atomic mass is 9.93. The van der Waals surface area contributed by atoms with Crippen LogP contribution >= 0.6 is 11.3 Å². The number of oxazole rings is 1. The molecule has 1 aliphatic heterocycles. The van der Waals surface area contributed by atoms with Crippen LogP contribution in [0.1, 0.15) is 34.9 Å². The van der Waals surface area contributed by atoms with E-state index in [0.29, 0.717) is 25.0 Å². The normalized spacial score (nSPS) is 16.0. The van der Waals surface area contributed by atoms with E-state index in [9.17, 15) is 9.59 Å². The molecule has 2 aromatic heterocycles. The van der Waals surface area contributed by atoms with Crippen LogP contribution in [0.4, 0.5) is 0 Å². The number of aromatic nitrogens is 1. The fourth-order valence-electron chi connectivity index (χ4n) is 4.34. The Kier molecular flexibility index (Phi) is 5.01. The predicted octanol–water partition coefficient (Wildman–Crippen LogP) is 4.61. The number of aryl methyl sites for hydroxylation is 1. The molecule has 0 N–H and O–H groups in total. The Morgan fingerprint density at radius 1 is 1.07 bits per heavy atom. The molecular formula is C24H22N2O3S. The zero-order valence-corrected chi connectivity index (χ0v) is 17.3. The minimum atomic E-state index is -0.369. The molecule has 0 aliphatic carbocycles. The molecule has 30 heavy (non-hydrogen) atoms. The van der Waals surface area contributed by atoms with Gasteiger partial charge in [0, 0.05) is 24.4 Å². The van der Waals surface area contributed by atoms with E-state index in [1.54, 1.807) is 22.0 Å². The van der Waals surface area contributed by atoms with E-state index in [-0.39, 0.29) is 17.7 Å². The van der Waals surface area contributed by atoms with Gasteiger partial charge in [0.05, 0.1) is 11.6 Å². The Hall–Kier alpha value is -3.12. The standard InChI is InChI=1S/C24H22N2O3S/c27-22(11-6-14-25-19-9-4-5-10-20(19)29-24(25)28)26-15-12-21-18(13-16-30-21)23(26)17-7-2-1-3-8-17/h1-5,7-10,13,16,23H,6,11-12,14-15H2. The topological polar surface area (TPSA) is 55.5 Å². The summed E-state index contributed by atoms with van der Waals surface area (Å²) in [7, 11) is 0. The summed E-state index contributed by atoms with van der Waals surface area (Å²) in [6.45, 7) is 1.19. The summed E-state index contributed by atoms with van der Waals surface area (Å²) in [4.78, 5) is 28.7. The van der Waals surface area contributed by atoms with Gasteiger partial charge in [0.15, 0.2) is 5.58 Å². The van der Waals surface area contributed by atoms with E-state index in [2.05, 4.69) is 23.6 Å². The van der Waals surface area contributed by atoms with E-state index in [0.717, 1.165) is 24.0 Å². The van der Waals surface area contributed by atoms with Gasteiger partial charge in [0.25, 0.3) is 0 Å². The van der Waals surface area contributed by atoms with Crippen molar-refractivity contribution in [3.63, 3.8) is 0 Å².